The molecule has 0 saturated carbocycles. The van der Waals surface area contributed by atoms with Crippen LogP contribution in [-0.2, 0) is 11.2 Å². The monoisotopic (exact) mass is 332 g/mol. The summed E-state index contributed by atoms with van der Waals surface area (Å²) in [5.74, 6) is 1.62. The highest BCUT2D eigenvalue weighted by Crippen LogP contribution is 2.43. The van der Waals surface area contributed by atoms with E-state index in [9.17, 15) is 10.2 Å². The van der Waals surface area contributed by atoms with E-state index in [0.29, 0.717) is 23.7 Å². The molecule has 2 aromatic carbocycles. The molecule has 0 aromatic heterocycles. The van der Waals surface area contributed by atoms with Crippen LogP contribution in [0.25, 0.3) is 0 Å². The van der Waals surface area contributed by atoms with Gasteiger partial charge in [0.2, 0.25) is 0 Å². The van der Waals surface area contributed by atoms with Crippen LogP contribution in [0.4, 0.5) is 0 Å². The molecule has 6 nitrogen and oxygen atoms in total. The number of rotatable bonds is 4. The zero-order valence-electron chi connectivity index (χ0n) is 13.8. The number of ether oxygens (including phenoxy) is 4. The molecule has 0 bridgehead atoms. The molecule has 0 fully saturated rings. The Balaban J connectivity index is 2.02. The minimum Gasteiger partial charge on any atom is -0.508 e. The third-order valence-corrected chi connectivity index (χ3v) is 4.20. The average molecular weight is 332 g/mol. The third kappa shape index (κ3) is 2.80. The topological polar surface area (TPSA) is 77.4 Å². The molecule has 0 amide bonds. The summed E-state index contributed by atoms with van der Waals surface area (Å²) in [6, 6.07) is 8.16. The first-order valence-corrected chi connectivity index (χ1v) is 7.53. The lowest BCUT2D eigenvalue weighted by Gasteiger charge is -2.34. The number of phenolic OH excluding ortho intramolecular Hbond substituents is 2. The van der Waals surface area contributed by atoms with E-state index in [1.807, 2.05) is 0 Å². The molecular weight excluding hydrogens is 312 g/mol. The van der Waals surface area contributed by atoms with Crippen LogP contribution in [0, 0.1) is 0 Å². The molecule has 0 radical (unpaired) electrons. The SMILES string of the molecule is COc1cc([C@H]2Oc3cc(O)cc(OC)c3C[C@H]2OC)ccc1O. The summed E-state index contributed by atoms with van der Waals surface area (Å²) in [5, 5.41) is 19.6. The Kier molecular flexibility index (Phi) is 4.40. The maximum absolute atomic E-state index is 9.85. The van der Waals surface area contributed by atoms with Crippen molar-refractivity contribution in [3.63, 3.8) is 0 Å². The molecule has 2 N–H and O–H groups in total. The highest BCUT2D eigenvalue weighted by Gasteiger charge is 2.34. The van der Waals surface area contributed by atoms with Crippen molar-refractivity contribution in [3.8, 4) is 28.7 Å². The van der Waals surface area contributed by atoms with E-state index in [1.54, 1.807) is 44.6 Å². The van der Waals surface area contributed by atoms with Crippen molar-refractivity contribution in [3.05, 3.63) is 41.5 Å². The fourth-order valence-corrected chi connectivity index (χ4v) is 2.98. The van der Waals surface area contributed by atoms with Gasteiger partial charge in [0.05, 0.1) is 14.2 Å². The van der Waals surface area contributed by atoms with Gasteiger partial charge < -0.3 is 29.2 Å². The first-order chi connectivity index (χ1) is 11.6. The van der Waals surface area contributed by atoms with Crippen molar-refractivity contribution in [2.24, 2.45) is 0 Å². The summed E-state index contributed by atoms with van der Waals surface area (Å²) in [6.07, 6.45) is -0.0722. The molecule has 0 aliphatic carbocycles. The molecule has 0 saturated heterocycles. The largest absolute Gasteiger partial charge is 0.508 e. The van der Waals surface area contributed by atoms with Crippen LogP contribution in [0.2, 0.25) is 0 Å². The van der Waals surface area contributed by atoms with E-state index in [0.717, 1.165) is 11.1 Å². The molecule has 6 heteroatoms. The van der Waals surface area contributed by atoms with Gasteiger partial charge in [-0.2, -0.15) is 0 Å². The fourth-order valence-electron chi connectivity index (χ4n) is 2.98. The number of fused-ring (bicyclic) bond motifs is 1. The van der Waals surface area contributed by atoms with Crippen LogP contribution < -0.4 is 14.2 Å². The van der Waals surface area contributed by atoms with Gasteiger partial charge in [0.15, 0.2) is 17.6 Å². The summed E-state index contributed by atoms with van der Waals surface area (Å²) in [4.78, 5) is 0. The van der Waals surface area contributed by atoms with Crippen molar-refractivity contribution in [2.75, 3.05) is 21.3 Å². The minimum atomic E-state index is -0.400. The average Bonchev–Trinajstić information content (AvgIpc) is 2.60. The minimum absolute atomic E-state index is 0.0609. The van der Waals surface area contributed by atoms with E-state index in [-0.39, 0.29) is 17.6 Å². The van der Waals surface area contributed by atoms with E-state index in [4.69, 9.17) is 18.9 Å². The van der Waals surface area contributed by atoms with Gasteiger partial charge in [0.1, 0.15) is 23.4 Å². The van der Waals surface area contributed by atoms with Gasteiger partial charge in [-0.05, 0) is 17.7 Å². The predicted molar refractivity (Wildman–Crippen MR) is 87.2 cm³/mol. The molecule has 2 atom stereocenters. The smallest absolute Gasteiger partial charge is 0.160 e. The van der Waals surface area contributed by atoms with Crippen molar-refractivity contribution in [1.29, 1.82) is 0 Å². The van der Waals surface area contributed by atoms with Gasteiger partial charge >= 0.3 is 0 Å². The van der Waals surface area contributed by atoms with Crippen LogP contribution >= 0.6 is 0 Å². The van der Waals surface area contributed by atoms with Crippen LogP contribution in [-0.4, -0.2) is 37.6 Å². The van der Waals surface area contributed by atoms with Crippen LogP contribution in [0.15, 0.2) is 30.3 Å². The van der Waals surface area contributed by atoms with Gasteiger partial charge in [-0.25, -0.2) is 0 Å². The number of hydrogen-bond acceptors (Lipinski definition) is 6. The molecule has 1 aliphatic rings. The van der Waals surface area contributed by atoms with Gasteiger partial charge in [-0.15, -0.1) is 0 Å². The van der Waals surface area contributed by atoms with E-state index < -0.39 is 6.10 Å². The molecule has 0 unspecified atom stereocenters. The van der Waals surface area contributed by atoms with Gasteiger partial charge in [0, 0.05) is 31.2 Å². The molecule has 1 aliphatic heterocycles. The van der Waals surface area contributed by atoms with Crippen LogP contribution in [0.5, 0.6) is 28.7 Å². The number of methoxy groups -OCH3 is 3. The quantitative estimate of drug-likeness (QED) is 0.896. The van der Waals surface area contributed by atoms with Crippen molar-refractivity contribution in [1.82, 2.24) is 0 Å². The number of aromatic hydroxyl groups is 2. The second kappa shape index (κ2) is 6.49. The van der Waals surface area contributed by atoms with E-state index in [1.165, 1.54) is 7.11 Å². The lowest BCUT2D eigenvalue weighted by Crippen LogP contribution is -2.32. The maximum atomic E-state index is 9.85. The van der Waals surface area contributed by atoms with Gasteiger partial charge in [0.25, 0.3) is 0 Å². The summed E-state index contributed by atoms with van der Waals surface area (Å²) in [7, 11) is 4.66. The van der Waals surface area contributed by atoms with Crippen LogP contribution in [0.1, 0.15) is 17.2 Å². The molecular formula is C18H20O6. The van der Waals surface area contributed by atoms with Gasteiger partial charge in [-0.1, -0.05) is 6.07 Å². The second-order valence-electron chi connectivity index (χ2n) is 5.57. The lowest BCUT2D eigenvalue weighted by molar-refractivity contribution is -0.0122. The number of benzene rings is 2. The Labute approximate surface area is 140 Å². The zero-order chi connectivity index (χ0) is 17.3. The summed E-state index contributed by atoms with van der Waals surface area (Å²) in [6.45, 7) is 0. The summed E-state index contributed by atoms with van der Waals surface area (Å²) < 4.78 is 22.2. The zero-order valence-corrected chi connectivity index (χ0v) is 13.8. The van der Waals surface area contributed by atoms with Crippen molar-refractivity contribution in [2.45, 2.75) is 18.6 Å². The van der Waals surface area contributed by atoms with Crippen molar-refractivity contribution >= 4 is 0 Å². The summed E-state index contributed by atoms with van der Waals surface area (Å²) >= 11 is 0. The highest BCUT2D eigenvalue weighted by atomic mass is 16.5. The normalized spacial score (nSPS) is 19.3. The predicted octanol–water partition coefficient (Wildman–Crippen LogP) is 2.81. The fraction of sp³-hybridized carbons (Fsp3) is 0.333. The molecule has 128 valence electrons. The van der Waals surface area contributed by atoms with Gasteiger partial charge in [-0.3, -0.25) is 0 Å². The first-order valence-electron chi connectivity index (χ1n) is 7.53. The molecule has 0 spiro atoms. The number of hydrogen-bond donors (Lipinski definition) is 2. The Morgan fingerprint density at radius 3 is 2.42 bits per heavy atom. The lowest BCUT2D eigenvalue weighted by atomic mass is 9.93. The van der Waals surface area contributed by atoms with E-state index >= 15 is 0 Å². The van der Waals surface area contributed by atoms with E-state index in [2.05, 4.69) is 0 Å². The third-order valence-electron chi connectivity index (χ3n) is 4.20. The molecule has 24 heavy (non-hydrogen) atoms. The Hall–Kier alpha value is -2.60. The molecule has 3 rings (SSSR count). The standard InChI is InChI=1S/C18H20O6/c1-21-14-7-11(19)8-15-12(14)9-17(23-3)18(24-15)10-4-5-13(20)16(6-10)22-2/h4-8,17-20H,9H2,1-3H3/t17-,18-/m1/s1. The molecule has 2 aromatic rings. The number of phenols is 2. The Bertz CT molecular complexity index is 743. The first kappa shape index (κ1) is 16.3. The maximum Gasteiger partial charge on any atom is 0.160 e. The Morgan fingerprint density at radius 2 is 1.75 bits per heavy atom. The summed E-state index contributed by atoms with van der Waals surface area (Å²) in [5.41, 5.74) is 1.66. The molecule has 1 heterocycles. The van der Waals surface area contributed by atoms with Crippen LogP contribution in [0.3, 0.4) is 0 Å². The highest BCUT2D eigenvalue weighted by molar-refractivity contribution is 5.52. The Morgan fingerprint density at radius 1 is 1.00 bits per heavy atom. The van der Waals surface area contributed by atoms with Crippen molar-refractivity contribution < 1.29 is 29.2 Å². The second-order valence-corrected chi connectivity index (χ2v) is 5.57.